The number of hydrogen-bond donors (Lipinski definition) is 1. The summed E-state index contributed by atoms with van der Waals surface area (Å²) in [7, 11) is 3.65. The van der Waals surface area contributed by atoms with Crippen LogP contribution in [0.2, 0.25) is 0 Å². The van der Waals surface area contributed by atoms with Crippen LogP contribution in [0.5, 0.6) is 0 Å². The molecule has 4 aromatic rings. The van der Waals surface area contributed by atoms with E-state index in [1.165, 1.54) is 19.3 Å². The zero-order chi connectivity index (χ0) is 21.2. The molecule has 1 N–H and O–H groups in total. The van der Waals surface area contributed by atoms with Crippen molar-refractivity contribution >= 4 is 17.4 Å². The summed E-state index contributed by atoms with van der Waals surface area (Å²) in [6, 6.07) is 7.79. The Balaban J connectivity index is 1.34. The number of anilines is 2. The zero-order valence-electron chi connectivity index (χ0n) is 17.8. The van der Waals surface area contributed by atoms with Crippen molar-refractivity contribution in [2.24, 2.45) is 13.0 Å². The molecule has 31 heavy (non-hydrogen) atoms. The van der Waals surface area contributed by atoms with Gasteiger partial charge in [-0.3, -0.25) is 9.08 Å². The van der Waals surface area contributed by atoms with Gasteiger partial charge in [-0.05, 0) is 37.0 Å². The van der Waals surface area contributed by atoms with Crippen molar-refractivity contribution in [3.8, 4) is 11.3 Å². The molecular formula is C22H26N8O. The predicted octanol–water partition coefficient (Wildman–Crippen LogP) is 3.41. The highest BCUT2D eigenvalue weighted by Crippen LogP contribution is 2.34. The summed E-state index contributed by atoms with van der Waals surface area (Å²) in [5.41, 5.74) is 2.56. The van der Waals surface area contributed by atoms with Gasteiger partial charge >= 0.3 is 0 Å². The first-order valence-corrected chi connectivity index (χ1v) is 10.6. The van der Waals surface area contributed by atoms with Gasteiger partial charge in [-0.1, -0.05) is 12.8 Å². The van der Waals surface area contributed by atoms with Crippen molar-refractivity contribution in [2.75, 3.05) is 12.4 Å². The van der Waals surface area contributed by atoms with Crippen molar-refractivity contribution in [3.05, 3.63) is 48.7 Å². The van der Waals surface area contributed by atoms with E-state index in [2.05, 4.69) is 30.6 Å². The minimum atomic E-state index is 0.176. The molecule has 1 fully saturated rings. The van der Waals surface area contributed by atoms with Crippen LogP contribution < -0.4 is 5.32 Å². The van der Waals surface area contributed by atoms with Crippen LogP contribution in [0.3, 0.4) is 0 Å². The highest BCUT2D eigenvalue weighted by atomic mass is 16.5. The average molecular weight is 419 g/mol. The maximum absolute atomic E-state index is 5.70. The van der Waals surface area contributed by atoms with E-state index in [4.69, 9.17) is 4.74 Å². The van der Waals surface area contributed by atoms with Crippen molar-refractivity contribution in [1.29, 1.82) is 0 Å². The van der Waals surface area contributed by atoms with Crippen LogP contribution in [0, 0.1) is 5.92 Å². The van der Waals surface area contributed by atoms with E-state index in [-0.39, 0.29) is 6.10 Å². The van der Waals surface area contributed by atoms with E-state index in [9.17, 15) is 0 Å². The lowest BCUT2D eigenvalue weighted by Crippen LogP contribution is -2.16. The molecule has 9 nitrogen and oxygen atoms in total. The molecule has 5 rings (SSSR count). The molecule has 0 spiro atoms. The van der Waals surface area contributed by atoms with Crippen LogP contribution in [-0.4, -0.2) is 47.6 Å². The molecule has 9 heteroatoms. The fraction of sp³-hybridized carbons (Fsp3) is 0.409. The van der Waals surface area contributed by atoms with Crippen molar-refractivity contribution < 1.29 is 4.74 Å². The predicted molar refractivity (Wildman–Crippen MR) is 117 cm³/mol. The Morgan fingerprint density at radius 3 is 2.87 bits per heavy atom. The highest BCUT2D eigenvalue weighted by molar-refractivity contribution is 5.65. The second-order valence-corrected chi connectivity index (χ2v) is 8.07. The third-order valence-corrected chi connectivity index (χ3v) is 5.83. The first kappa shape index (κ1) is 19.6. The van der Waals surface area contributed by atoms with Crippen LogP contribution in [0.15, 0.2) is 42.9 Å². The number of rotatable bonds is 9. The molecule has 0 aromatic carbocycles. The second kappa shape index (κ2) is 8.43. The molecule has 0 saturated heterocycles. The van der Waals surface area contributed by atoms with Gasteiger partial charge in [0.15, 0.2) is 5.65 Å². The smallest absolute Gasteiger partial charge is 0.228 e. The number of ether oxygens (including phenoxy) is 1. The molecular weight excluding hydrogens is 392 g/mol. The van der Waals surface area contributed by atoms with E-state index in [0.29, 0.717) is 5.95 Å². The Bertz CT molecular complexity index is 1180. The van der Waals surface area contributed by atoms with Gasteiger partial charge < -0.3 is 10.1 Å². The molecule has 1 aliphatic rings. The minimum Gasteiger partial charge on any atom is -0.381 e. The fourth-order valence-electron chi connectivity index (χ4n) is 3.76. The maximum atomic E-state index is 5.70. The summed E-state index contributed by atoms with van der Waals surface area (Å²) in [5.74, 6) is 3.16. The summed E-state index contributed by atoms with van der Waals surface area (Å²) in [6.45, 7) is 0. The monoisotopic (exact) mass is 418 g/mol. The SMILES string of the molecule is CO[C@@H](CCC1CC1)Cc1nnc2cc(-c3ccnc(Nc4ccnn4C)n3)ccn12. The third kappa shape index (κ3) is 4.41. The summed E-state index contributed by atoms with van der Waals surface area (Å²) >= 11 is 0. The summed E-state index contributed by atoms with van der Waals surface area (Å²) < 4.78 is 9.46. The Morgan fingerprint density at radius 2 is 2.10 bits per heavy atom. The first-order valence-electron chi connectivity index (χ1n) is 10.6. The molecule has 1 saturated carbocycles. The Morgan fingerprint density at radius 1 is 1.19 bits per heavy atom. The minimum absolute atomic E-state index is 0.176. The van der Waals surface area contributed by atoms with Crippen molar-refractivity contribution in [2.45, 2.75) is 38.2 Å². The number of nitrogens with one attached hydrogen (secondary N) is 1. The average Bonchev–Trinajstić information content (AvgIpc) is 3.42. The quantitative estimate of drug-likeness (QED) is 0.445. The summed E-state index contributed by atoms with van der Waals surface area (Å²) in [4.78, 5) is 8.95. The van der Waals surface area contributed by atoms with Gasteiger partial charge in [-0.15, -0.1) is 10.2 Å². The first-order chi connectivity index (χ1) is 15.2. The fourth-order valence-corrected chi connectivity index (χ4v) is 3.76. The molecule has 4 heterocycles. The number of hydrogen-bond acceptors (Lipinski definition) is 7. The highest BCUT2D eigenvalue weighted by Gasteiger charge is 2.23. The largest absolute Gasteiger partial charge is 0.381 e. The van der Waals surface area contributed by atoms with Gasteiger partial charge in [0, 0.05) is 44.6 Å². The molecule has 160 valence electrons. The van der Waals surface area contributed by atoms with Gasteiger partial charge in [-0.2, -0.15) is 5.10 Å². The summed E-state index contributed by atoms with van der Waals surface area (Å²) in [6.07, 6.45) is 11.5. The molecule has 0 radical (unpaired) electrons. The molecule has 0 unspecified atom stereocenters. The molecule has 0 aliphatic heterocycles. The lowest BCUT2D eigenvalue weighted by atomic mass is 10.1. The molecule has 1 atom stereocenters. The lowest BCUT2D eigenvalue weighted by molar-refractivity contribution is 0.0905. The van der Waals surface area contributed by atoms with Gasteiger partial charge in [-0.25, -0.2) is 9.97 Å². The molecule has 4 aromatic heterocycles. The zero-order valence-corrected chi connectivity index (χ0v) is 17.8. The Hall–Kier alpha value is -3.33. The van der Waals surface area contributed by atoms with E-state index in [1.54, 1.807) is 24.2 Å². The third-order valence-electron chi connectivity index (χ3n) is 5.83. The standard InChI is InChI=1S/C22H26N8O/c1-29-19(8-11-24-29)26-22-23-10-7-18(25-22)16-9-12-30-20(13-16)27-28-21(30)14-17(31-2)6-5-15-3-4-15/h7-13,15,17H,3-6,14H2,1-2H3,(H,23,25,26)/t17-/m0/s1. The number of nitrogens with zero attached hydrogens (tertiary/aromatic N) is 7. The van der Waals surface area contributed by atoms with Gasteiger partial charge in [0.1, 0.15) is 11.6 Å². The Labute approximate surface area is 180 Å². The number of methoxy groups -OCH3 is 1. The van der Waals surface area contributed by atoms with E-state index in [1.807, 2.05) is 41.9 Å². The van der Waals surface area contributed by atoms with Crippen LogP contribution in [0.4, 0.5) is 11.8 Å². The number of fused-ring (bicyclic) bond motifs is 1. The maximum Gasteiger partial charge on any atom is 0.228 e. The lowest BCUT2D eigenvalue weighted by Gasteiger charge is -2.14. The van der Waals surface area contributed by atoms with Crippen LogP contribution >= 0.6 is 0 Å². The van der Waals surface area contributed by atoms with Crippen molar-refractivity contribution in [3.63, 3.8) is 0 Å². The van der Waals surface area contributed by atoms with Gasteiger partial charge in [0.05, 0.1) is 18.0 Å². The Kier molecular flexibility index (Phi) is 5.33. The molecule has 0 amide bonds. The number of aryl methyl sites for hydroxylation is 1. The summed E-state index contributed by atoms with van der Waals surface area (Å²) in [5, 5.41) is 16.1. The van der Waals surface area contributed by atoms with Gasteiger partial charge in [0.25, 0.3) is 0 Å². The van der Waals surface area contributed by atoms with E-state index in [0.717, 1.165) is 47.3 Å². The van der Waals surface area contributed by atoms with E-state index >= 15 is 0 Å². The van der Waals surface area contributed by atoms with Gasteiger partial charge in [0.2, 0.25) is 5.95 Å². The van der Waals surface area contributed by atoms with Crippen molar-refractivity contribution in [1.82, 2.24) is 34.3 Å². The topological polar surface area (TPSA) is 95.0 Å². The molecule has 0 bridgehead atoms. The van der Waals surface area contributed by atoms with Crippen LogP contribution in [0.1, 0.15) is 31.5 Å². The van der Waals surface area contributed by atoms with Crippen LogP contribution in [-0.2, 0) is 18.2 Å². The second-order valence-electron chi connectivity index (χ2n) is 8.07. The number of pyridine rings is 1. The number of aromatic nitrogens is 7. The molecule has 1 aliphatic carbocycles. The van der Waals surface area contributed by atoms with E-state index < -0.39 is 0 Å². The normalized spacial score (nSPS) is 14.8. The van der Waals surface area contributed by atoms with Crippen LogP contribution in [0.25, 0.3) is 16.9 Å².